The Morgan fingerprint density at radius 2 is 2.04 bits per heavy atom. The molecule has 1 heterocycles. The third-order valence-electron chi connectivity index (χ3n) is 3.98. The number of aromatic nitrogens is 1. The lowest BCUT2D eigenvalue weighted by molar-refractivity contribution is 0.0963. The van der Waals surface area contributed by atoms with Crippen molar-refractivity contribution >= 4 is 23.2 Å². The fourth-order valence-corrected chi connectivity index (χ4v) is 3.37. The molecule has 0 fully saturated rings. The Morgan fingerprint density at radius 3 is 2.67 bits per heavy atom. The van der Waals surface area contributed by atoms with Crippen LogP contribution in [0.15, 0.2) is 34.6 Å². The summed E-state index contributed by atoms with van der Waals surface area (Å²) in [6.45, 7) is 7.87. The van der Waals surface area contributed by atoms with Crippen LogP contribution in [0.5, 0.6) is 0 Å². The van der Waals surface area contributed by atoms with Gasteiger partial charge < -0.3 is 16.0 Å². The summed E-state index contributed by atoms with van der Waals surface area (Å²) in [4.78, 5) is 20.7. The van der Waals surface area contributed by atoms with E-state index < -0.39 is 0 Å². The van der Waals surface area contributed by atoms with Gasteiger partial charge in [0.15, 0.2) is 5.96 Å². The molecule has 0 radical (unpaired) electrons. The highest BCUT2D eigenvalue weighted by molar-refractivity contribution is 7.09. The highest BCUT2D eigenvalue weighted by Crippen LogP contribution is 2.25. The standard InChI is InChI=1S/C20H29N5OS/c1-20(2,3)18-25-16(13-27-18)12-24-19(22-5)23-10-9-14-7-6-8-15(11-14)17(26)21-4/h6-8,11,13H,9-10,12H2,1-5H3,(H,21,26)(H2,22,23,24). The van der Waals surface area contributed by atoms with Crippen LogP contribution in [0.4, 0.5) is 0 Å². The SMILES string of the molecule is CN=C(NCCc1cccc(C(=O)NC)c1)NCc1csc(C(C)(C)C)n1. The molecule has 3 N–H and O–H groups in total. The van der Waals surface area contributed by atoms with E-state index in [2.05, 4.69) is 52.1 Å². The van der Waals surface area contributed by atoms with Gasteiger partial charge in [-0.2, -0.15) is 0 Å². The molecule has 2 rings (SSSR count). The largest absolute Gasteiger partial charge is 0.356 e. The average molecular weight is 388 g/mol. The van der Waals surface area contributed by atoms with Crippen molar-refractivity contribution in [1.29, 1.82) is 0 Å². The molecule has 6 nitrogen and oxygen atoms in total. The van der Waals surface area contributed by atoms with Crippen LogP contribution >= 0.6 is 11.3 Å². The summed E-state index contributed by atoms with van der Waals surface area (Å²) in [5.74, 6) is 0.669. The zero-order chi connectivity index (χ0) is 19.9. The third-order valence-corrected chi connectivity index (χ3v) is 5.29. The Kier molecular flexibility index (Phi) is 7.36. The maximum Gasteiger partial charge on any atom is 0.251 e. The number of carbonyl (C=O) groups is 1. The number of aliphatic imine (C=N–C) groups is 1. The Labute approximate surface area is 165 Å². The minimum atomic E-state index is -0.0693. The van der Waals surface area contributed by atoms with Gasteiger partial charge in [-0.05, 0) is 24.1 Å². The number of hydrogen-bond acceptors (Lipinski definition) is 4. The zero-order valence-electron chi connectivity index (χ0n) is 16.7. The number of rotatable bonds is 6. The van der Waals surface area contributed by atoms with E-state index in [1.165, 1.54) is 0 Å². The normalized spacial score (nSPS) is 12.0. The van der Waals surface area contributed by atoms with Crippen molar-refractivity contribution in [2.75, 3.05) is 20.6 Å². The van der Waals surface area contributed by atoms with E-state index >= 15 is 0 Å². The van der Waals surface area contributed by atoms with Crippen LogP contribution < -0.4 is 16.0 Å². The van der Waals surface area contributed by atoms with Crippen molar-refractivity contribution in [3.05, 3.63) is 51.5 Å². The highest BCUT2D eigenvalue weighted by atomic mass is 32.1. The summed E-state index contributed by atoms with van der Waals surface area (Å²) in [6, 6.07) is 7.66. The number of nitrogens with one attached hydrogen (secondary N) is 3. The van der Waals surface area contributed by atoms with E-state index in [0.717, 1.165) is 35.2 Å². The smallest absolute Gasteiger partial charge is 0.251 e. The molecular weight excluding hydrogens is 358 g/mol. The topological polar surface area (TPSA) is 78.4 Å². The molecular formula is C20H29N5OS. The molecule has 0 aliphatic heterocycles. The van der Waals surface area contributed by atoms with Crippen LogP contribution in [0.1, 0.15) is 47.4 Å². The Morgan fingerprint density at radius 1 is 1.26 bits per heavy atom. The Hall–Kier alpha value is -2.41. The predicted molar refractivity (Wildman–Crippen MR) is 113 cm³/mol. The van der Waals surface area contributed by atoms with Gasteiger partial charge in [0, 0.05) is 37.0 Å². The van der Waals surface area contributed by atoms with Crippen LogP contribution in [0.2, 0.25) is 0 Å². The number of guanidine groups is 1. The lowest BCUT2D eigenvalue weighted by Crippen LogP contribution is -2.38. The molecule has 146 valence electrons. The van der Waals surface area contributed by atoms with Gasteiger partial charge in [0.25, 0.3) is 5.91 Å². The van der Waals surface area contributed by atoms with Crippen molar-refractivity contribution < 1.29 is 4.79 Å². The summed E-state index contributed by atoms with van der Waals surface area (Å²) < 4.78 is 0. The third kappa shape index (κ3) is 6.36. The second-order valence-electron chi connectivity index (χ2n) is 7.28. The van der Waals surface area contributed by atoms with Gasteiger partial charge in [-0.3, -0.25) is 9.79 Å². The molecule has 1 aromatic carbocycles. The summed E-state index contributed by atoms with van der Waals surface area (Å²) in [5.41, 5.74) is 2.88. The number of thiazole rings is 1. The average Bonchev–Trinajstić information content (AvgIpc) is 3.13. The first-order valence-corrected chi connectivity index (χ1v) is 9.92. The number of amides is 1. The first kappa shape index (κ1) is 20.9. The summed E-state index contributed by atoms with van der Waals surface area (Å²) >= 11 is 1.69. The van der Waals surface area contributed by atoms with E-state index in [1.54, 1.807) is 25.4 Å². The molecule has 7 heteroatoms. The van der Waals surface area contributed by atoms with E-state index in [9.17, 15) is 4.79 Å². The van der Waals surface area contributed by atoms with Crippen LogP contribution in [0, 0.1) is 0 Å². The van der Waals surface area contributed by atoms with Crippen LogP contribution in [-0.2, 0) is 18.4 Å². The molecule has 0 saturated heterocycles. The maximum atomic E-state index is 11.7. The molecule has 0 atom stereocenters. The van der Waals surface area contributed by atoms with Crippen molar-refractivity contribution in [2.24, 2.45) is 4.99 Å². The second kappa shape index (κ2) is 9.50. The van der Waals surface area contributed by atoms with E-state index in [0.29, 0.717) is 12.1 Å². The lowest BCUT2D eigenvalue weighted by atomic mass is 9.98. The summed E-state index contributed by atoms with van der Waals surface area (Å²) in [6.07, 6.45) is 0.802. The quantitative estimate of drug-likeness (QED) is 0.526. The van der Waals surface area contributed by atoms with Crippen molar-refractivity contribution in [2.45, 2.75) is 39.2 Å². The van der Waals surface area contributed by atoms with Gasteiger partial charge in [-0.1, -0.05) is 32.9 Å². The lowest BCUT2D eigenvalue weighted by Gasteiger charge is -2.14. The fourth-order valence-electron chi connectivity index (χ4n) is 2.47. The van der Waals surface area contributed by atoms with Crippen molar-refractivity contribution in [3.8, 4) is 0 Å². The van der Waals surface area contributed by atoms with Gasteiger partial charge in [-0.25, -0.2) is 4.98 Å². The van der Waals surface area contributed by atoms with E-state index in [1.807, 2.05) is 24.3 Å². The first-order chi connectivity index (χ1) is 12.8. The molecule has 2 aromatic rings. The molecule has 0 bridgehead atoms. The van der Waals surface area contributed by atoms with Gasteiger partial charge in [-0.15, -0.1) is 11.3 Å². The van der Waals surface area contributed by atoms with Gasteiger partial charge >= 0.3 is 0 Å². The predicted octanol–water partition coefficient (Wildman–Crippen LogP) is 2.71. The highest BCUT2D eigenvalue weighted by Gasteiger charge is 2.17. The van der Waals surface area contributed by atoms with Crippen molar-refractivity contribution in [1.82, 2.24) is 20.9 Å². The number of nitrogens with zero attached hydrogens (tertiary/aromatic N) is 2. The van der Waals surface area contributed by atoms with E-state index in [4.69, 9.17) is 0 Å². The second-order valence-corrected chi connectivity index (χ2v) is 8.13. The molecule has 0 saturated carbocycles. The Bertz CT molecular complexity index is 792. The molecule has 1 aromatic heterocycles. The number of benzene rings is 1. The minimum absolute atomic E-state index is 0.0693. The van der Waals surface area contributed by atoms with Crippen LogP contribution in [0.3, 0.4) is 0 Å². The summed E-state index contributed by atoms with van der Waals surface area (Å²) in [7, 11) is 3.39. The molecule has 0 spiro atoms. The summed E-state index contributed by atoms with van der Waals surface area (Å²) in [5, 5.41) is 12.5. The van der Waals surface area contributed by atoms with Crippen LogP contribution in [-0.4, -0.2) is 37.5 Å². The first-order valence-electron chi connectivity index (χ1n) is 9.04. The maximum absolute atomic E-state index is 11.7. The van der Waals surface area contributed by atoms with E-state index in [-0.39, 0.29) is 11.3 Å². The monoisotopic (exact) mass is 387 g/mol. The minimum Gasteiger partial charge on any atom is -0.356 e. The van der Waals surface area contributed by atoms with Gasteiger partial charge in [0.2, 0.25) is 0 Å². The molecule has 0 aliphatic rings. The van der Waals surface area contributed by atoms with Crippen molar-refractivity contribution in [3.63, 3.8) is 0 Å². The molecule has 0 aliphatic carbocycles. The van der Waals surface area contributed by atoms with Gasteiger partial charge in [0.1, 0.15) is 0 Å². The zero-order valence-corrected chi connectivity index (χ0v) is 17.5. The molecule has 0 unspecified atom stereocenters. The Balaban J connectivity index is 1.82. The van der Waals surface area contributed by atoms with Crippen LogP contribution in [0.25, 0.3) is 0 Å². The molecule has 1 amide bonds. The van der Waals surface area contributed by atoms with Gasteiger partial charge in [0.05, 0.1) is 17.2 Å². The molecule has 27 heavy (non-hydrogen) atoms. The number of carbonyl (C=O) groups excluding carboxylic acids is 1. The fraction of sp³-hybridized carbons (Fsp3) is 0.450. The number of hydrogen-bond donors (Lipinski definition) is 3.